The van der Waals surface area contributed by atoms with Gasteiger partial charge in [-0.05, 0) is 48.5 Å². The lowest BCUT2D eigenvalue weighted by atomic mass is 10.0. The number of carbonyl (C=O) groups is 2. The van der Waals surface area contributed by atoms with Crippen molar-refractivity contribution in [2.45, 2.75) is 6.92 Å². The molecule has 0 saturated heterocycles. The van der Waals surface area contributed by atoms with Crippen LogP contribution in [0, 0.1) is 0 Å². The molecule has 0 aliphatic heterocycles. The maximum atomic E-state index is 12.3. The molecular formula is C17H16ClNO3. The van der Waals surface area contributed by atoms with Crippen molar-refractivity contribution in [1.29, 1.82) is 0 Å². The molecular weight excluding hydrogens is 302 g/mol. The number of benzene rings is 2. The third kappa shape index (κ3) is 4.60. The van der Waals surface area contributed by atoms with Crippen LogP contribution >= 0.6 is 11.6 Å². The van der Waals surface area contributed by atoms with Gasteiger partial charge >= 0.3 is 0 Å². The number of halogens is 1. The highest BCUT2D eigenvalue weighted by molar-refractivity contribution is 6.30. The SMILES string of the molecule is CC(=O)NCCOc1ccc(C(=O)c2ccc(Cl)cc2)cc1. The largest absolute Gasteiger partial charge is 0.492 e. The van der Waals surface area contributed by atoms with Gasteiger partial charge in [0.2, 0.25) is 5.91 Å². The molecule has 114 valence electrons. The fraction of sp³-hybridized carbons (Fsp3) is 0.176. The highest BCUT2D eigenvalue weighted by Crippen LogP contribution is 2.17. The van der Waals surface area contributed by atoms with Gasteiger partial charge in [0, 0.05) is 23.1 Å². The van der Waals surface area contributed by atoms with Gasteiger partial charge < -0.3 is 10.1 Å². The number of carbonyl (C=O) groups excluding carboxylic acids is 2. The third-order valence-electron chi connectivity index (χ3n) is 2.97. The molecule has 1 amide bonds. The monoisotopic (exact) mass is 317 g/mol. The van der Waals surface area contributed by atoms with Gasteiger partial charge in [0.1, 0.15) is 12.4 Å². The predicted octanol–water partition coefficient (Wildman–Crippen LogP) is 3.09. The smallest absolute Gasteiger partial charge is 0.216 e. The first kappa shape index (κ1) is 16.0. The summed E-state index contributed by atoms with van der Waals surface area (Å²) in [5, 5.41) is 3.24. The topological polar surface area (TPSA) is 55.4 Å². The molecule has 0 saturated carbocycles. The Bertz CT molecular complexity index is 651. The number of ether oxygens (including phenoxy) is 1. The maximum Gasteiger partial charge on any atom is 0.216 e. The van der Waals surface area contributed by atoms with Crippen LogP contribution < -0.4 is 10.1 Å². The van der Waals surface area contributed by atoms with Crippen molar-refractivity contribution in [3.63, 3.8) is 0 Å². The lowest BCUT2D eigenvalue weighted by molar-refractivity contribution is -0.119. The van der Waals surface area contributed by atoms with Gasteiger partial charge in [0.05, 0.1) is 6.54 Å². The fourth-order valence-electron chi connectivity index (χ4n) is 1.87. The third-order valence-corrected chi connectivity index (χ3v) is 3.22. The maximum absolute atomic E-state index is 12.3. The van der Waals surface area contributed by atoms with Crippen LogP contribution in [0.3, 0.4) is 0 Å². The van der Waals surface area contributed by atoms with Crippen LogP contribution in [0.4, 0.5) is 0 Å². The van der Waals surface area contributed by atoms with E-state index in [0.29, 0.717) is 35.1 Å². The van der Waals surface area contributed by atoms with Crippen LogP contribution in [0.25, 0.3) is 0 Å². The first-order chi connectivity index (χ1) is 10.6. The summed E-state index contributed by atoms with van der Waals surface area (Å²) in [5.74, 6) is 0.493. The summed E-state index contributed by atoms with van der Waals surface area (Å²) in [5.41, 5.74) is 1.17. The Morgan fingerprint density at radius 1 is 1.00 bits per heavy atom. The Kier molecular flexibility index (Phi) is 5.55. The molecule has 2 aromatic carbocycles. The molecule has 0 aliphatic rings. The Balaban J connectivity index is 1.95. The molecule has 1 N–H and O–H groups in total. The Morgan fingerprint density at radius 2 is 1.55 bits per heavy atom. The van der Waals surface area contributed by atoms with E-state index in [2.05, 4.69) is 5.32 Å². The highest BCUT2D eigenvalue weighted by Gasteiger charge is 2.08. The Labute approximate surface area is 134 Å². The second kappa shape index (κ2) is 7.61. The summed E-state index contributed by atoms with van der Waals surface area (Å²) in [6.45, 7) is 2.28. The van der Waals surface area contributed by atoms with Crippen LogP contribution in [0.5, 0.6) is 5.75 Å². The number of amides is 1. The number of rotatable bonds is 6. The molecule has 0 atom stereocenters. The second-order valence-corrected chi connectivity index (χ2v) is 5.13. The fourth-order valence-corrected chi connectivity index (χ4v) is 1.99. The van der Waals surface area contributed by atoms with Gasteiger partial charge in [-0.1, -0.05) is 11.6 Å². The van der Waals surface area contributed by atoms with Crippen LogP contribution in [0.2, 0.25) is 5.02 Å². The van der Waals surface area contributed by atoms with Gasteiger partial charge in [-0.15, -0.1) is 0 Å². The minimum absolute atomic E-state index is 0.0681. The average Bonchev–Trinajstić information content (AvgIpc) is 2.52. The van der Waals surface area contributed by atoms with Crippen molar-refractivity contribution >= 4 is 23.3 Å². The lowest BCUT2D eigenvalue weighted by Crippen LogP contribution is -2.25. The van der Waals surface area contributed by atoms with Gasteiger partial charge in [-0.3, -0.25) is 9.59 Å². The van der Waals surface area contributed by atoms with E-state index in [4.69, 9.17) is 16.3 Å². The summed E-state index contributed by atoms with van der Waals surface area (Å²) in [7, 11) is 0. The molecule has 22 heavy (non-hydrogen) atoms. The first-order valence-corrected chi connectivity index (χ1v) is 7.21. The van der Waals surface area contributed by atoms with Gasteiger partial charge in [0.15, 0.2) is 5.78 Å². The summed E-state index contributed by atoms with van der Waals surface area (Å²) in [6.07, 6.45) is 0. The number of nitrogens with one attached hydrogen (secondary N) is 1. The van der Waals surface area contributed by atoms with Crippen LogP contribution in [0.15, 0.2) is 48.5 Å². The molecule has 0 fully saturated rings. The Morgan fingerprint density at radius 3 is 2.09 bits per heavy atom. The molecule has 2 aromatic rings. The van der Waals surface area contributed by atoms with Gasteiger partial charge in [0.25, 0.3) is 0 Å². The molecule has 2 rings (SSSR count). The molecule has 0 heterocycles. The molecule has 0 aliphatic carbocycles. The van der Waals surface area contributed by atoms with Crippen molar-refractivity contribution in [2.24, 2.45) is 0 Å². The lowest BCUT2D eigenvalue weighted by Gasteiger charge is -2.07. The van der Waals surface area contributed by atoms with Crippen LogP contribution in [-0.4, -0.2) is 24.8 Å². The molecule has 0 aromatic heterocycles. The van der Waals surface area contributed by atoms with Crippen molar-refractivity contribution < 1.29 is 14.3 Å². The molecule has 0 unspecified atom stereocenters. The minimum atomic E-state index is -0.0903. The van der Waals surface area contributed by atoms with Gasteiger partial charge in [-0.2, -0.15) is 0 Å². The first-order valence-electron chi connectivity index (χ1n) is 6.84. The standard InChI is InChI=1S/C17H16ClNO3/c1-12(20)19-10-11-22-16-8-4-14(5-9-16)17(21)13-2-6-15(18)7-3-13/h2-9H,10-11H2,1H3,(H,19,20). The summed E-state index contributed by atoms with van der Waals surface area (Å²) >= 11 is 5.81. The molecule has 5 heteroatoms. The zero-order valence-electron chi connectivity index (χ0n) is 12.1. The van der Waals surface area contributed by atoms with E-state index in [1.807, 2.05) is 0 Å². The van der Waals surface area contributed by atoms with Crippen molar-refractivity contribution in [1.82, 2.24) is 5.32 Å². The quantitative estimate of drug-likeness (QED) is 0.658. The van der Waals surface area contributed by atoms with Crippen molar-refractivity contribution in [3.05, 3.63) is 64.7 Å². The summed E-state index contributed by atoms with van der Waals surface area (Å²) in [4.78, 5) is 23.0. The molecule has 0 bridgehead atoms. The van der Waals surface area contributed by atoms with E-state index in [1.54, 1.807) is 48.5 Å². The van der Waals surface area contributed by atoms with E-state index in [0.717, 1.165) is 0 Å². The molecule has 0 radical (unpaired) electrons. The zero-order valence-corrected chi connectivity index (χ0v) is 12.9. The van der Waals surface area contributed by atoms with Crippen LogP contribution in [-0.2, 0) is 4.79 Å². The molecule has 4 nitrogen and oxygen atoms in total. The van der Waals surface area contributed by atoms with Gasteiger partial charge in [-0.25, -0.2) is 0 Å². The number of ketones is 1. The van der Waals surface area contributed by atoms with Crippen LogP contribution in [0.1, 0.15) is 22.8 Å². The number of hydrogen-bond acceptors (Lipinski definition) is 3. The van der Waals surface area contributed by atoms with Crippen molar-refractivity contribution in [2.75, 3.05) is 13.2 Å². The van der Waals surface area contributed by atoms with E-state index in [9.17, 15) is 9.59 Å². The van der Waals surface area contributed by atoms with E-state index in [1.165, 1.54) is 6.92 Å². The predicted molar refractivity (Wildman–Crippen MR) is 85.5 cm³/mol. The summed E-state index contributed by atoms with van der Waals surface area (Å²) in [6, 6.07) is 13.7. The normalized spacial score (nSPS) is 10.1. The van der Waals surface area contributed by atoms with Crippen molar-refractivity contribution in [3.8, 4) is 5.75 Å². The summed E-state index contributed by atoms with van der Waals surface area (Å²) < 4.78 is 5.47. The molecule has 0 spiro atoms. The van der Waals surface area contributed by atoms with E-state index >= 15 is 0 Å². The second-order valence-electron chi connectivity index (χ2n) is 4.69. The van der Waals surface area contributed by atoms with E-state index in [-0.39, 0.29) is 11.7 Å². The van der Waals surface area contributed by atoms with E-state index < -0.39 is 0 Å². The number of hydrogen-bond donors (Lipinski definition) is 1. The minimum Gasteiger partial charge on any atom is -0.492 e. The zero-order chi connectivity index (χ0) is 15.9. The average molecular weight is 318 g/mol. The highest BCUT2D eigenvalue weighted by atomic mass is 35.5. The Hall–Kier alpha value is -2.33.